The summed E-state index contributed by atoms with van der Waals surface area (Å²) in [6.45, 7) is 6.48. The minimum Gasteiger partial charge on any atom is -0.379 e. The van der Waals surface area contributed by atoms with E-state index in [1.807, 2.05) is 0 Å². The SMILES string of the molecule is C1CN(C2CNC2)CCO1.Cl.Cl. The molecule has 0 unspecified atom stereocenters. The van der Waals surface area contributed by atoms with Crippen LogP contribution in [0.5, 0.6) is 0 Å². The Morgan fingerprint density at radius 2 is 1.67 bits per heavy atom. The number of rotatable bonds is 1. The molecule has 2 aliphatic rings. The van der Waals surface area contributed by atoms with Gasteiger partial charge in [0.15, 0.2) is 0 Å². The molecule has 0 aromatic carbocycles. The van der Waals surface area contributed by atoms with Crippen LogP contribution in [-0.4, -0.2) is 50.3 Å². The van der Waals surface area contributed by atoms with Crippen LogP contribution in [0.3, 0.4) is 0 Å². The van der Waals surface area contributed by atoms with Gasteiger partial charge < -0.3 is 10.1 Å². The van der Waals surface area contributed by atoms with Crippen LogP contribution in [0.1, 0.15) is 0 Å². The quantitative estimate of drug-likeness (QED) is 0.673. The average molecular weight is 215 g/mol. The number of ether oxygens (including phenoxy) is 1. The maximum Gasteiger partial charge on any atom is 0.0594 e. The van der Waals surface area contributed by atoms with Gasteiger partial charge in [0, 0.05) is 32.2 Å². The van der Waals surface area contributed by atoms with Crippen molar-refractivity contribution in [3.05, 3.63) is 0 Å². The Hall–Kier alpha value is 0.460. The highest BCUT2D eigenvalue weighted by Gasteiger charge is 2.25. The molecular weight excluding hydrogens is 199 g/mol. The summed E-state index contributed by atoms with van der Waals surface area (Å²) in [4.78, 5) is 2.51. The molecular formula is C7H16Cl2N2O. The molecule has 5 heteroatoms. The van der Waals surface area contributed by atoms with E-state index in [-0.39, 0.29) is 24.8 Å². The second-order valence-electron chi connectivity index (χ2n) is 2.96. The van der Waals surface area contributed by atoms with Crippen LogP contribution in [-0.2, 0) is 4.74 Å². The van der Waals surface area contributed by atoms with E-state index in [1.165, 1.54) is 13.1 Å². The summed E-state index contributed by atoms with van der Waals surface area (Å²) in [6, 6.07) is 0.809. The Labute approximate surface area is 85.6 Å². The molecule has 0 bridgehead atoms. The molecule has 0 saturated carbocycles. The highest BCUT2D eigenvalue weighted by molar-refractivity contribution is 5.85. The van der Waals surface area contributed by atoms with Gasteiger partial charge in [-0.3, -0.25) is 4.90 Å². The smallest absolute Gasteiger partial charge is 0.0594 e. The van der Waals surface area contributed by atoms with Crippen molar-refractivity contribution in [1.29, 1.82) is 0 Å². The van der Waals surface area contributed by atoms with E-state index in [1.54, 1.807) is 0 Å². The summed E-state index contributed by atoms with van der Waals surface area (Å²) in [5.41, 5.74) is 0. The van der Waals surface area contributed by atoms with E-state index >= 15 is 0 Å². The lowest BCUT2D eigenvalue weighted by Crippen LogP contribution is -2.59. The highest BCUT2D eigenvalue weighted by Crippen LogP contribution is 2.06. The van der Waals surface area contributed by atoms with Crippen molar-refractivity contribution in [3.63, 3.8) is 0 Å². The summed E-state index contributed by atoms with van der Waals surface area (Å²) in [5.74, 6) is 0. The topological polar surface area (TPSA) is 24.5 Å². The zero-order valence-electron chi connectivity index (χ0n) is 6.99. The Morgan fingerprint density at radius 3 is 2.08 bits per heavy atom. The van der Waals surface area contributed by atoms with Gasteiger partial charge in [0.25, 0.3) is 0 Å². The summed E-state index contributed by atoms with van der Waals surface area (Å²) < 4.78 is 5.26. The van der Waals surface area contributed by atoms with E-state index in [2.05, 4.69) is 10.2 Å². The van der Waals surface area contributed by atoms with Crippen LogP contribution in [0.2, 0.25) is 0 Å². The Kier molecular flexibility index (Phi) is 6.23. The van der Waals surface area contributed by atoms with Gasteiger partial charge in [-0.1, -0.05) is 0 Å². The van der Waals surface area contributed by atoms with Gasteiger partial charge in [0.1, 0.15) is 0 Å². The number of hydrogen-bond donors (Lipinski definition) is 1. The third-order valence-corrected chi connectivity index (χ3v) is 2.32. The predicted octanol–water partition coefficient (Wildman–Crippen LogP) is 0.134. The van der Waals surface area contributed by atoms with Gasteiger partial charge in [-0.15, -0.1) is 24.8 Å². The molecule has 2 aliphatic heterocycles. The zero-order valence-corrected chi connectivity index (χ0v) is 8.62. The standard InChI is InChI=1S/C7H14N2O.2ClH/c1-3-10-4-2-9(1)7-5-8-6-7;;/h7-8H,1-6H2;2*1H. The molecule has 0 amide bonds. The van der Waals surface area contributed by atoms with E-state index in [4.69, 9.17) is 4.74 Å². The van der Waals surface area contributed by atoms with Crippen molar-refractivity contribution in [2.45, 2.75) is 6.04 Å². The van der Waals surface area contributed by atoms with Gasteiger partial charge in [-0.05, 0) is 0 Å². The molecule has 0 aromatic heterocycles. The third kappa shape index (κ3) is 2.75. The number of halogens is 2. The summed E-state index contributed by atoms with van der Waals surface area (Å²) >= 11 is 0. The Morgan fingerprint density at radius 1 is 1.08 bits per heavy atom. The van der Waals surface area contributed by atoms with Crippen LogP contribution >= 0.6 is 24.8 Å². The summed E-state index contributed by atoms with van der Waals surface area (Å²) in [5, 5.41) is 3.28. The van der Waals surface area contributed by atoms with Gasteiger partial charge in [-0.25, -0.2) is 0 Å². The summed E-state index contributed by atoms with van der Waals surface area (Å²) in [6.07, 6.45) is 0. The monoisotopic (exact) mass is 214 g/mol. The zero-order chi connectivity index (χ0) is 6.81. The Bertz CT molecular complexity index is 116. The van der Waals surface area contributed by atoms with Crippen molar-refractivity contribution in [2.24, 2.45) is 0 Å². The van der Waals surface area contributed by atoms with Crippen molar-refractivity contribution < 1.29 is 4.74 Å². The molecule has 0 radical (unpaired) electrons. The molecule has 0 aromatic rings. The second kappa shape index (κ2) is 6.00. The van der Waals surface area contributed by atoms with Gasteiger partial charge in [0.05, 0.1) is 13.2 Å². The van der Waals surface area contributed by atoms with Gasteiger partial charge in [0.2, 0.25) is 0 Å². The first-order valence-corrected chi connectivity index (χ1v) is 3.99. The predicted molar refractivity (Wildman–Crippen MR) is 53.5 cm³/mol. The molecule has 0 spiro atoms. The van der Waals surface area contributed by atoms with E-state index in [9.17, 15) is 0 Å². The molecule has 2 rings (SSSR count). The van der Waals surface area contributed by atoms with Crippen molar-refractivity contribution in [1.82, 2.24) is 10.2 Å². The van der Waals surface area contributed by atoms with E-state index in [0.29, 0.717) is 0 Å². The molecule has 74 valence electrons. The first kappa shape index (κ1) is 12.5. The van der Waals surface area contributed by atoms with Crippen LogP contribution in [0.15, 0.2) is 0 Å². The van der Waals surface area contributed by atoms with Crippen LogP contribution in [0.25, 0.3) is 0 Å². The lowest BCUT2D eigenvalue weighted by Gasteiger charge is -2.40. The van der Waals surface area contributed by atoms with Crippen molar-refractivity contribution in [3.8, 4) is 0 Å². The molecule has 3 nitrogen and oxygen atoms in total. The van der Waals surface area contributed by atoms with Crippen molar-refractivity contribution in [2.75, 3.05) is 39.4 Å². The molecule has 0 aliphatic carbocycles. The molecule has 2 fully saturated rings. The number of nitrogens with one attached hydrogen (secondary N) is 1. The lowest BCUT2D eigenvalue weighted by atomic mass is 10.1. The lowest BCUT2D eigenvalue weighted by molar-refractivity contribution is 0.00509. The minimum absolute atomic E-state index is 0. The van der Waals surface area contributed by atoms with Gasteiger partial charge >= 0.3 is 0 Å². The van der Waals surface area contributed by atoms with Crippen molar-refractivity contribution >= 4 is 24.8 Å². The fourth-order valence-electron chi connectivity index (χ4n) is 1.47. The normalized spacial score (nSPS) is 25.0. The average Bonchev–Trinajstić information content (AvgIpc) is 1.86. The maximum atomic E-state index is 5.26. The molecule has 12 heavy (non-hydrogen) atoms. The number of nitrogens with zero attached hydrogens (tertiary/aromatic N) is 1. The fraction of sp³-hybridized carbons (Fsp3) is 1.00. The number of hydrogen-bond acceptors (Lipinski definition) is 3. The first-order chi connectivity index (χ1) is 4.97. The second-order valence-corrected chi connectivity index (χ2v) is 2.96. The van der Waals surface area contributed by atoms with Crippen LogP contribution in [0.4, 0.5) is 0 Å². The maximum absolute atomic E-state index is 5.26. The molecule has 2 heterocycles. The third-order valence-electron chi connectivity index (χ3n) is 2.32. The van der Waals surface area contributed by atoms with E-state index < -0.39 is 0 Å². The minimum atomic E-state index is 0. The summed E-state index contributed by atoms with van der Waals surface area (Å²) in [7, 11) is 0. The fourth-order valence-corrected chi connectivity index (χ4v) is 1.47. The first-order valence-electron chi connectivity index (χ1n) is 3.99. The van der Waals surface area contributed by atoms with E-state index in [0.717, 1.165) is 32.3 Å². The molecule has 2 saturated heterocycles. The number of morpholine rings is 1. The van der Waals surface area contributed by atoms with Crippen LogP contribution < -0.4 is 5.32 Å². The largest absolute Gasteiger partial charge is 0.379 e. The highest BCUT2D eigenvalue weighted by atomic mass is 35.5. The van der Waals surface area contributed by atoms with Gasteiger partial charge in [-0.2, -0.15) is 0 Å². The Balaban J connectivity index is 0.000000605. The molecule has 0 atom stereocenters. The molecule has 1 N–H and O–H groups in total. The van der Waals surface area contributed by atoms with Crippen LogP contribution in [0, 0.1) is 0 Å².